The van der Waals surface area contributed by atoms with Crippen LogP contribution >= 0.6 is 23.6 Å². The summed E-state index contributed by atoms with van der Waals surface area (Å²) in [6, 6.07) is 5.97. The minimum Gasteiger partial charge on any atom is -0.465 e. The Balaban J connectivity index is 1.45. The van der Waals surface area contributed by atoms with Gasteiger partial charge in [-0.25, -0.2) is 9.78 Å². The molecule has 6 nitrogen and oxygen atoms in total. The standard InChI is InChI=1S/C21H26N4O2S2/c1-14-6-7-15-16(13-14)29-19(18(15)20(26)27-2)23-21(28)25-11-9-24(10-12-25)17-5-3-4-8-22-17/h3-5,8,14H,6-7,9-13H2,1-2H3,(H,23,28). The molecule has 1 saturated heterocycles. The number of rotatable bonds is 3. The molecule has 1 atom stereocenters. The van der Waals surface area contributed by atoms with Crippen LogP contribution in [0.3, 0.4) is 0 Å². The van der Waals surface area contributed by atoms with E-state index in [1.807, 2.05) is 24.4 Å². The van der Waals surface area contributed by atoms with E-state index < -0.39 is 0 Å². The summed E-state index contributed by atoms with van der Waals surface area (Å²) in [4.78, 5) is 22.6. The van der Waals surface area contributed by atoms with Gasteiger partial charge in [0.2, 0.25) is 0 Å². The molecule has 2 aromatic rings. The number of thiophene rings is 1. The van der Waals surface area contributed by atoms with Crippen molar-refractivity contribution in [2.75, 3.05) is 43.5 Å². The van der Waals surface area contributed by atoms with E-state index in [1.54, 1.807) is 11.3 Å². The lowest BCUT2D eigenvalue weighted by Crippen LogP contribution is -2.50. The Morgan fingerprint density at radius 2 is 2.10 bits per heavy atom. The van der Waals surface area contributed by atoms with Gasteiger partial charge in [-0.3, -0.25) is 0 Å². The fourth-order valence-corrected chi connectivity index (χ4v) is 5.76. The van der Waals surface area contributed by atoms with Gasteiger partial charge in [0.15, 0.2) is 5.11 Å². The minimum atomic E-state index is -0.276. The summed E-state index contributed by atoms with van der Waals surface area (Å²) in [6.07, 6.45) is 4.87. The van der Waals surface area contributed by atoms with Gasteiger partial charge < -0.3 is 19.9 Å². The van der Waals surface area contributed by atoms with Crippen LogP contribution in [0.2, 0.25) is 0 Å². The van der Waals surface area contributed by atoms with Crippen molar-refractivity contribution in [2.45, 2.75) is 26.2 Å². The molecule has 0 spiro atoms. The first-order chi connectivity index (χ1) is 14.1. The van der Waals surface area contributed by atoms with Crippen molar-refractivity contribution in [1.82, 2.24) is 9.88 Å². The monoisotopic (exact) mass is 430 g/mol. The third-order valence-electron chi connectivity index (χ3n) is 5.66. The number of methoxy groups -OCH3 is 1. The van der Waals surface area contributed by atoms with Gasteiger partial charge in [0, 0.05) is 37.3 Å². The highest BCUT2D eigenvalue weighted by atomic mass is 32.1. The second-order valence-electron chi connectivity index (χ2n) is 7.64. The Morgan fingerprint density at radius 3 is 2.79 bits per heavy atom. The number of nitrogens with zero attached hydrogens (tertiary/aromatic N) is 3. The molecule has 0 aromatic carbocycles. The van der Waals surface area contributed by atoms with Crippen molar-refractivity contribution in [1.29, 1.82) is 0 Å². The molecule has 0 bridgehead atoms. The number of anilines is 2. The van der Waals surface area contributed by atoms with Crippen molar-refractivity contribution in [3.8, 4) is 0 Å². The van der Waals surface area contributed by atoms with Crippen LogP contribution in [0.25, 0.3) is 0 Å². The second kappa shape index (κ2) is 8.67. The average Bonchev–Trinajstić information content (AvgIpc) is 3.10. The summed E-state index contributed by atoms with van der Waals surface area (Å²) in [6.45, 7) is 5.62. The Labute approximate surface area is 180 Å². The third kappa shape index (κ3) is 4.23. The zero-order valence-corrected chi connectivity index (χ0v) is 18.4. The Kier molecular flexibility index (Phi) is 6.01. The molecule has 4 rings (SSSR count). The summed E-state index contributed by atoms with van der Waals surface area (Å²) in [5.41, 5.74) is 1.82. The van der Waals surface area contributed by atoms with Crippen LogP contribution in [-0.2, 0) is 17.6 Å². The first-order valence-electron chi connectivity index (χ1n) is 10.0. The molecule has 3 heterocycles. The average molecular weight is 431 g/mol. The van der Waals surface area contributed by atoms with E-state index in [0.717, 1.165) is 61.8 Å². The van der Waals surface area contributed by atoms with Crippen molar-refractivity contribution in [3.63, 3.8) is 0 Å². The highest BCUT2D eigenvalue weighted by Crippen LogP contribution is 2.40. The SMILES string of the molecule is COC(=O)c1c(NC(=S)N2CCN(c3ccccn3)CC2)sc2c1CCC(C)C2. The molecule has 0 amide bonds. The van der Waals surface area contributed by atoms with Crippen LogP contribution in [0.4, 0.5) is 10.8 Å². The number of fused-ring (bicyclic) bond motifs is 1. The lowest BCUT2D eigenvalue weighted by Gasteiger charge is -2.36. The molecular formula is C21H26N4O2S2. The summed E-state index contributed by atoms with van der Waals surface area (Å²) in [5, 5.41) is 4.86. The van der Waals surface area contributed by atoms with E-state index in [2.05, 4.69) is 27.0 Å². The molecule has 0 radical (unpaired) electrons. The second-order valence-corrected chi connectivity index (χ2v) is 9.13. The molecule has 1 aliphatic heterocycles. The molecule has 2 aromatic heterocycles. The van der Waals surface area contributed by atoms with Gasteiger partial charge in [0.25, 0.3) is 0 Å². The fourth-order valence-electron chi connectivity index (χ4n) is 4.01. The summed E-state index contributed by atoms with van der Waals surface area (Å²) >= 11 is 7.35. The van der Waals surface area contributed by atoms with Gasteiger partial charge in [-0.05, 0) is 55.1 Å². The zero-order valence-electron chi connectivity index (χ0n) is 16.8. The quantitative estimate of drug-likeness (QED) is 0.590. The summed E-state index contributed by atoms with van der Waals surface area (Å²) < 4.78 is 5.08. The number of carbonyl (C=O) groups is 1. The summed E-state index contributed by atoms with van der Waals surface area (Å²) in [5.74, 6) is 1.37. The number of hydrogen-bond acceptors (Lipinski definition) is 6. The number of aromatic nitrogens is 1. The predicted molar refractivity (Wildman–Crippen MR) is 121 cm³/mol. The third-order valence-corrected chi connectivity index (χ3v) is 7.19. The van der Waals surface area contributed by atoms with E-state index in [9.17, 15) is 4.79 Å². The highest BCUT2D eigenvalue weighted by molar-refractivity contribution is 7.80. The molecule has 29 heavy (non-hydrogen) atoms. The maximum Gasteiger partial charge on any atom is 0.341 e. The van der Waals surface area contributed by atoms with Crippen LogP contribution < -0.4 is 10.2 Å². The maximum absolute atomic E-state index is 12.5. The van der Waals surface area contributed by atoms with Gasteiger partial charge in [-0.1, -0.05) is 13.0 Å². The van der Waals surface area contributed by atoms with Gasteiger partial charge in [-0.2, -0.15) is 0 Å². The minimum absolute atomic E-state index is 0.276. The molecule has 1 fully saturated rings. The van der Waals surface area contributed by atoms with E-state index in [1.165, 1.54) is 12.0 Å². The van der Waals surface area contributed by atoms with Crippen LogP contribution in [0.5, 0.6) is 0 Å². The summed E-state index contributed by atoms with van der Waals surface area (Å²) in [7, 11) is 1.44. The van der Waals surface area contributed by atoms with Gasteiger partial charge in [0.1, 0.15) is 10.8 Å². The number of esters is 1. The lowest BCUT2D eigenvalue weighted by molar-refractivity contribution is 0.0601. The van der Waals surface area contributed by atoms with Gasteiger partial charge in [-0.15, -0.1) is 11.3 Å². The van der Waals surface area contributed by atoms with E-state index in [0.29, 0.717) is 16.6 Å². The van der Waals surface area contributed by atoms with Crippen molar-refractivity contribution >= 4 is 45.5 Å². The van der Waals surface area contributed by atoms with Crippen LogP contribution in [0, 0.1) is 5.92 Å². The molecular weight excluding hydrogens is 404 g/mol. The van der Waals surface area contributed by atoms with Crippen LogP contribution in [-0.4, -0.2) is 54.3 Å². The molecule has 8 heteroatoms. The van der Waals surface area contributed by atoms with Crippen molar-refractivity contribution in [3.05, 3.63) is 40.4 Å². The Morgan fingerprint density at radius 1 is 1.31 bits per heavy atom. The van der Waals surface area contributed by atoms with Crippen LogP contribution in [0.15, 0.2) is 24.4 Å². The highest BCUT2D eigenvalue weighted by Gasteiger charge is 2.29. The normalized spacial score (nSPS) is 18.9. The zero-order chi connectivity index (χ0) is 20.4. The van der Waals surface area contributed by atoms with E-state index in [4.69, 9.17) is 17.0 Å². The molecule has 0 saturated carbocycles. The molecule has 1 unspecified atom stereocenters. The van der Waals surface area contributed by atoms with E-state index in [-0.39, 0.29) is 5.97 Å². The number of piperazine rings is 1. The molecule has 1 aliphatic carbocycles. The number of thiocarbonyl (C=S) groups is 1. The lowest BCUT2D eigenvalue weighted by atomic mass is 9.88. The molecule has 1 N–H and O–H groups in total. The first kappa shape index (κ1) is 20.1. The molecule has 2 aliphatic rings. The number of ether oxygens (including phenoxy) is 1. The smallest absolute Gasteiger partial charge is 0.341 e. The molecule has 154 valence electrons. The maximum atomic E-state index is 12.5. The van der Waals surface area contributed by atoms with Gasteiger partial charge >= 0.3 is 5.97 Å². The van der Waals surface area contributed by atoms with Gasteiger partial charge in [0.05, 0.1) is 12.7 Å². The Bertz CT molecular complexity index is 892. The number of carbonyl (C=O) groups excluding carboxylic acids is 1. The van der Waals surface area contributed by atoms with Crippen molar-refractivity contribution < 1.29 is 9.53 Å². The number of nitrogens with one attached hydrogen (secondary N) is 1. The largest absolute Gasteiger partial charge is 0.465 e. The first-order valence-corrected chi connectivity index (χ1v) is 11.2. The van der Waals surface area contributed by atoms with Crippen LogP contribution in [0.1, 0.15) is 34.1 Å². The Hall–Kier alpha value is -2.19. The number of hydrogen-bond donors (Lipinski definition) is 1. The topological polar surface area (TPSA) is 57.7 Å². The number of pyridine rings is 1. The predicted octanol–water partition coefficient (Wildman–Crippen LogP) is 3.57. The van der Waals surface area contributed by atoms with Crippen molar-refractivity contribution in [2.24, 2.45) is 5.92 Å². The van der Waals surface area contributed by atoms with E-state index >= 15 is 0 Å². The fraction of sp³-hybridized carbons (Fsp3) is 0.476.